The Labute approximate surface area is 158 Å². The number of nitrogens with two attached hydrogens (primary N) is 1. The summed E-state index contributed by atoms with van der Waals surface area (Å²) in [7, 11) is 0. The summed E-state index contributed by atoms with van der Waals surface area (Å²) in [6.45, 7) is -0.105. The third-order valence-corrected chi connectivity index (χ3v) is 4.01. The average Bonchev–Trinajstić information content (AvgIpc) is 2.67. The van der Waals surface area contributed by atoms with Crippen molar-refractivity contribution in [2.75, 3.05) is 5.73 Å². The number of para-hydroxylation sites is 1. The first-order chi connectivity index (χ1) is 13.5. The molecule has 0 spiro atoms. The molecule has 0 saturated carbocycles. The Kier molecular flexibility index (Phi) is 5.05. The fraction of sp³-hybridized carbons (Fsp3) is 0.0500. The molecule has 1 heterocycles. The summed E-state index contributed by atoms with van der Waals surface area (Å²) in [6.07, 6.45) is 0. The molecule has 8 heteroatoms. The van der Waals surface area contributed by atoms with E-state index >= 15 is 0 Å². The Morgan fingerprint density at radius 2 is 1.61 bits per heavy atom. The van der Waals surface area contributed by atoms with Crippen molar-refractivity contribution in [2.45, 2.75) is 6.61 Å². The Balaban J connectivity index is 1.93. The Bertz CT molecular complexity index is 1170. The second kappa shape index (κ2) is 7.60. The molecule has 6 nitrogen and oxygen atoms in total. The number of nitrogen functional groups attached to an aromatic ring is 1. The number of pyridine rings is 1. The standard InChI is InChI=1S/C20H12F2N4O2/c21-15-2-1-3-16(22)18(15)28-10-11-4-6-12(7-5-11)17-13(8-23)19(25)26-20(27)14(17)9-24/h1-7H,10H2,(H3,25,26,27). The molecule has 0 atom stereocenters. The van der Waals surface area contributed by atoms with Crippen LogP contribution >= 0.6 is 0 Å². The molecule has 3 N–H and O–H groups in total. The maximum atomic E-state index is 13.6. The number of anilines is 1. The van der Waals surface area contributed by atoms with Crippen LogP contribution in [0.15, 0.2) is 47.3 Å². The Morgan fingerprint density at radius 1 is 1.00 bits per heavy atom. The number of aromatic amines is 1. The average molecular weight is 378 g/mol. The van der Waals surface area contributed by atoms with Gasteiger partial charge in [0.2, 0.25) is 0 Å². The highest BCUT2D eigenvalue weighted by molar-refractivity contribution is 5.80. The molecule has 0 aliphatic heterocycles. The molecular weight excluding hydrogens is 366 g/mol. The number of nitriles is 2. The van der Waals surface area contributed by atoms with Crippen LogP contribution in [-0.4, -0.2) is 4.98 Å². The molecule has 0 aliphatic carbocycles. The van der Waals surface area contributed by atoms with E-state index in [2.05, 4.69) is 4.98 Å². The van der Waals surface area contributed by atoms with Gasteiger partial charge in [-0.15, -0.1) is 0 Å². The second-order valence-corrected chi connectivity index (χ2v) is 5.75. The maximum Gasteiger partial charge on any atom is 0.268 e. The predicted molar refractivity (Wildman–Crippen MR) is 97.0 cm³/mol. The van der Waals surface area contributed by atoms with Crippen LogP contribution in [0.2, 0.25) is 0 Å². The van der Waals surface area contributed by atoms with E-state index in [4.69, 9.17) is 10.5 Å². The summed E-state index contributed by atoms with van der Waals surface area (Å²) in [5.74, 6) is -2.24. The van der Waals surface area contributed by atoms with Crippen LogP contribution in [-0.2, 0) is 6.61 Å². The number of halogens is 2. The molecule has 0 saturated heterocycles. The SMILES string of the molecule is N#Cc1c(N)[nH]c(=O)c(C#N)c1-c1ccc(COc2c(F)cccc2F)cc1. The van der Waals surface area contributed by atoms with Crippen LogP contribution in [0.1, 0.15) is 16.7 Å². The van der Waals surface area contributed by atoms with Gasteiger partial charge in [-0.1, -0.05) is 30.3 Å². The molecular formula is C20H12F2N4O2. The van der Waals surface area contributed by atoms with Crippen molar-refractivity contribution in [3.63, 3.8) is 0 Å². The Hall–Kier alpha value is -4.17. The number of nitrogens with zero attached hydrogens (tertiary/aromatic N) is 2. The lowest BCUT2D eigenvalue weighted by molar-refractivity contribution is 0.274. The molecule has 0 aliphatic rings. The highest BCUT2D eigenvalue weighted by Gasteiger charge is 2.18. The summed E-state index contributed by atoms with van der Waals surface area (Å²) in [5, 5.41) is 18.6. The molecule has 0 radical (unpaired) electrons. The zero-order chi connectivity index (χ0) is 20.3. The quantitative estimate of drug-likeness (QED) is 0.723. The minimum atomic E-state index is -0.812. The maximum absolute atomic E-state index is 13.6. The molecule has 3 aromatic rings. The molecule has 3 rings (SSSR count). The van der Waals surface area contributed by atoms with Crippen molar-refractivity contribution in [1.82, 2.24) is 4.98 Å². The molecule has 138 valence electrons. The normalized spacial score (nSPS) is 10.1. The summed E-state index contributed by atoms with van der Waals surface area (Å²) in [5.41, 5.74) is 5.87. The lowest BCUT2D eigenvalue weighted by Crippen LogP contribution is -2.16. The van der Waals surface area contributed by atoms with E-state index in [1.54, 1.807) is 30.3 Å². The van der Waals surface area contributed by atoms with Gasteiger partial charge in [-0.25, -0.2) is 8.78 Å². The molecule has 0 amide bonds. The fourth-order valence-electron chi connectivity index (χ4n) is 2.68. The van der Waals surface area contributed by atoms with E-state index in [-0.39, 0.29) is 29.1 Å². The van der Waals surface area contributed by atoms with Gasteiger partial charge in [0.25, 0.3) is 5.56 Å². The van der Waals surface area contributed by atoms with Gasteiger partial charge in [-0.3, -0.25) is 4.79 Å². The zero-order valence-electron chi connectivity index (χ0n) is 14.3. The van der Waals surface area contributed by atoms with Gasteiger partial charge in [0.05, 0.1) is 0 Å². The molecule has 2 aromatic carbocycles. The van der Waals surface area contributed by atoms with Crippen molar-refractivity contribution in [1.29, 1.82) is 10.5 Å². The van der Waals surface area contributed by atoms with Gasteiger partial charge in [-0.2, -0.15) is 10.5 Å². The van der Waals surface area contributed by atoms with Crippen LogP contribution in [0.4, 0.5) is 14.6 Å². The molecule has 1 aromatic heterocycles. The third kappa shape index (κ3) is 3.39. The number of nitrogens with one attached hydrogen (secondary N) is 1. The summed E-state index contributed by atoms with van der Waals surface area (Å²) in [6, 6.07) is 13.4. The largest absolute Gasteiger partial charge is 0.483 e. The van der Waals surface area contributed by atoms with Gasteiger partial charge in [-0.05, 0) is 23.3 Å². The first kappa shape index (κ1) is 18.6. The summed E-state index contributed by atoms with van der Waals surface area (Å²) >= 11 is 0. The third-order valence-electron chi connectivity index (χ3n) is 4.01. The highest BCUT2D eigenvalue weighted by Crippen LogP contribution is 2.28. The van der Waals surface area contributed by atoms with Crippen LogP contribution < -0.4 is 16.0 Å². The van der Waals surface area contributed by atoms with E-state index in [0.29, 0.717) is 11.1 Å². The van der Waals surface area contributed by atoms with E-state index in [9.17, 15) is 24.1 Å². The summed E-state index contributed by atoms with van der Waals surface area (Å²) < 4.78 is 32.4. The van der Waals surface area contributed by atoms with Crippen molar-refractivity contribution < 1.29 is 13.5 Å². The zero-order valence-corrected chi connectivity index (χ0v) is 14.3. The minimum absolute atomic E-state index is 0.0198. The van der Waals surface area contributed by atoms with Crippen molar-refractivity contribution >= 4 is 5.82 Å². The van der Waals surface area contributed by atoms with Gasteiger partial charge < -0.3 is 15.5 Å². The number of hydrogen-bond donors (Lipinski definition) is 2. The van der Waals surface area contributed by atoms with Gasteiger partial charge in [0.1, 0.15) is 35.7 Å². The first-order valence-corrected chi connectivity index (χ1v) is 7.98. The van der Waals surface area contributed by atoms with E-state index in [1.165, 1.54) is 6.07 Å². The molecule has 0 bridgehead atoms. The lowest BCUT2D eigenvalue weighted by Gasteiger charge is -2.11. The highest BCUT2D eigenvalue weighted by atomic mass is 19.1. The van der Waals surface area contributed by atoms with E-state index in [1.807, 2.05) is 6.07 Å². The van der Waals surface area contributed by atoms with Crippen LogP contribution in [0, 0.1) is 34.3 Å². The number of ether oxygens (including phenoxy) is 1. The topological polar surface area (TPSA) is 116 Å². The molecule has 0 unspecified atom stereocenters. The Morgan fingerprint density at radius 3 is 2.18 bits per heavy atom. The number of rotatable bonds is 4. The van der Waals surface area contributed by atoms with Gasteiger partial charge in [0, 0.05) is 5.56 Å². The van der Waals surface area contributed by atoms with Crippen molar-refractivity contribution in [3.8, 4) is 29.0 Å². The predicted octanol–water partition coefficient (Wildman–Crippen LogP) is 3.22. The van der Waals surface area contributed by atoms with Gasteiger partial charge >= 0.3 is 0 Å². The number of aromatic nitrogens is 1. The molecule has 28 heavy (non-hydrogen) atoms. The minimum Gasteiger partial charge on any atom is -0.483 e. The van der Waals surface area contributed by atoms with Crippen LogP contribution in [0.25, 0.3) is 11.1 Å². The van der Waals surface area contributed by atoms with Gasteiger partial charge in [0.15, 0.2) is 17.4 Å². The van der Waals surface area contributed by atoms with E-state index < -0.39 is 22.9 Å². The second-order valence-electron chi connectivity index (χ2n) is 5.75. The fourth-order valence-corrected chi connectivity index (χ4v) is 2.68. The van der Waals surface area contributed by atoms with Crippen molar-refractivity contribution in [2.24, 2.45) is 0 Å². The number of benzene rings is 2. The van der Waals surface area contributed by atoms with Crippen LogP contribution in [0.5, 0.6) is 5.75 Å². The lowest BCUT2D eigenvalue weighted by atomic mass is 9.96. The monoisotopic (exact) mass is 378 g/mol. The smallest absolute Gasteiger partial charge is 0.268 e. The number of H-pyrrole nitrogens is 1. The summed E-state index contributed by atoms with van der Waals surface area (Å²) in [4.78, 5) is 14.2. The van der Waals surface area contributed by atoms with Crippen LogP contribution in [0.3, 0.4) is 0 Å². The van der Waals surface area contributed by atoms with Crippen molar-refractivity contribution in [3.05, 3.63) is 81.1 Å². The van der Waals surface area contributed by atoms with E-state index in [0.717, 1.165) is 12.1 Å². The first-order valence-electron chi connectivity index (χ1n) is 7.98. The number of hydrogen-bond acceptors (Lipinski definition) is 5. The molecule has 0 fully saturated rings.